The Labute approximate surface area is 129 Å². The fraction of sp³-hybridized carbons (Fsp3) is 0.667. The average Bonchev–Trinajstić information content (AvgIpc) is 3.11. The summed E-state index contributed by atoms with van der Waals surface area (Å²) in [5, 5.41) is 3.95. The van der Waals surface area contributed by atoms with Crippen LogP contribution in [-0.2, 0) is 11.2 Å². The highest BCUT2D eigenvalue weighted by Crippen LogP contribution is 2.32. The number of hydrogen-bond donors (Lipinski definition) is 0. The van der Waals surface area contributed by atoms with Gasteiger partial charge in [0.2, 0.25) is 5.76 Å². The summed E-state index contributed by atoms with van der Waals surface area (Å²) in [4.78, 5) is 27.3. The van der Waals surface area contributed by atoms with Crippen LogP contribution in [0.1, 0.15) is 36.5 Å². The van der Waals surface area contributed by atoms with E-state index >= 15 is 0 Å². The molecule has 2 amide bonds. The maximum absolute atomic E-state index is 12.5. The normalized spacial score (nSPS) is 24.6. The number of hydrogen-bond acceptors (Lipinski definition) is 5. The Morgan fingerprint density at radius 3 is 2.86 bits per heavy atom. The third-order valence-corrected chi connectivity index (χ3v) is 4.13. The van der Waals surface area contributed by atoms with Crippen molar-refractivity contribution in [2.75, 3.05) is 26.7 Å². The molecule has 0 saturated carbocycles. The lowest BCUT2D eigenvalue weighted by Crippen LogP contribution is -2.39. The molecular weight excluding hydrogens is 286 g/mol. The smallest absolute Gasteiger partial charge is 0.410 e. The zero-order chi connectivity index (χ0) is 15.9. The van der Waals surface area contributed by atoms with Crippen molar-refractivity contribution in [2.45, 2.75) is 32.3 Å². The van der Waals surface area contributed by atoms with Crippen molar-refractivity contribution in [2.24, 2.45) is 5.92 Å². The SMILES string of the molecule is CC(C)Cc1cc(C(=O)N2CC[C@@]3(CN(C)C(=O)O3)C2)on1. The summed E-state index contributed by atoms with van der Waals surface area (Å²) in [7, 11) is 1.70. The Morgan fingerprint density at radius 2 is 2.23 bits per heavy atom. The minimum atomic E-state index is -0.567. The van der Waals surface area contributed by atoms with Crippen LogP contribution in [0.15, 0.2) is 10.6 Å². The highest BCUT2D eigenvalue weighted by Gasteiger charge is 2.49. The number of ether oxygens (including phenoxy) is 1. The number of rotatable bonds is 3. The summed E-state index contributed by atoms with van der Waals surface area (Å²) in [5.41, 5.74) is 0.224. The first-order chi connectivity index (χ1) is 10.4. The molecule has 2 aliphatic rings. The van der Waals surface area contributed by atoms with Crippen molar-refractivity contribution in [1.29, 1.82) is 0 Å². The lowest BCUT2D eigenvalue weighted by molar-refractivity contribution is 0.0534. The first-order valence-electron chi connectivity index (χ1n) is 7.57. The number of amides is 2. The van der Waals surface area contributed by atoms with Crippen LogP contribution in [0.4, 0.5) is 4.79 Å². The molecule has 1 aromatic rings. The van der Waals surface area contributed by atoms with Gasteiger partial charge in [0.25, 0.3) is 5.91 Å². The fourth-order valence-electron chi connectivity index (χ4n) is 3.11. The number of nitrogens with zero attached hydrogens (tertiary/aromatic N) is 3. The molecule has 2 fully saturated rings. The maximum atomic E-state index is 12.5. The first kappa shape index (κ1) is 14.9. The lowest BCUT2D eigenvalue weighted by Gasteiger charge is -2.21. The zero-order valence-electron chi connectivity index (χ0n) is 13.2. The van der Waals surface area contributed by atoms with Gasteiger partial charge in [-0.3, -0.25) is 4.79 Å². The van der Waals surface area contributed by atoms with E-state index in [0.29, 0.717) is 32.0 Å². The van der Waals surface area contributed by atoms with Gasteiger partial charge in [-0.05, 0) is 12.3 Å². The molecule has 7 heteroatoms. The highest BCUT2D eigenvalue weighted by atomic mass is 16.6. The second-order valence-corrected chi connectivity index (χ2v) is 6.66. The first-order valence-corrected chi connectivity index (χ1v) is 7.57. The van der Waals surface area contributed by atoms with Crippen molar-refractivity contribution >= 4 is 12.0 Å². The van der Waals surface area contributed by atoms with E-state index in [1.165, 1.54) is 0 Å². The Hall–Kier alpha value is -2.05. The maximum Gasteiger partial charge on any atom is 0.410 e. The van der Waals surface area contributed by atoms with Gasteiger partial charge >= 0.3 is 6.09 Å². The van der Waals surface area contributed by atoms with E-state index in [9.17, 15) is 9.59 Å². The van der Waals surface area contributed by atoms with Crippen LogP contribution in [0.5, 0.6) is 0 Å². The van der Waals surface area contributed by atoms with Crippen LogP contribution in [0, 0.1) is 5.92 Å². The van der Waals surface area contributed by atoms with E-state index in [2.05, 4.69) is 19.0 Å². The Morgan fingerprint density at radius 1 is 1.45 bits per heavy atom. The molecule has 0 aromatic carbocycles. The van der Waals surface area contributed by atoms with E-state index in [4.69, 9.17) is 9.26 Å². The van der Waals surface area contributed by atoms with Gasteiger partial charge in [0.05, 0.1) is 18.8 Å². The molecule has 0 radical (unpaired) electrons. The molecular formula is C15H21N3O4. The van der Waals surface area contributed by atoms with Gasteiger partial charge in [-0.15, -0.1) is 0 Å². The summed E-state index contributed by atoms with van der Waals surface area (Å²) in [6.07, 6.45) is 1.11. The van der Waals surface area contributed by atoms with Crippen LogP contribution < -0.4 is 0 Å². The zero-order valence-corrected chi connectivity index (χ0v) is 13.2. The quantitative estimate of drug-likeness (QED) is 0.846. The molecule has 120 valence electrons. The Kier molecular flexibility index (Phi) is 3.58. The topological polar surface area (TPSA) is 75.9 Å². The number of aromatic nitrogens is 1. The number of likely N-dealkylation sites (tertiary alicyclic amines) is 1. The standard InChI is InChI=1S/C15H21N3O4/c1-10(2)6-11-7-12(22-16-11)13(19)18-5-4-15(9-18)8-17(3)14(20)21-15/h7,10H,4-6,8-9H2,1-3H3/t15-/m1/s1. The van der Waals surface area contributed by atoms with Gasteiger partial charge in [-0.25, -0.2) is 4.79 Å². The van der Waals surface area contributed by atoms with Gasteiger partial charge in [-0.1, -0.05) is 19.0 Å². The van der Waals surface area contributed by atoms with Gasteiger partial charge in [0.15, 0.2) is 5.60 Å². The van der Waals surface area contributed by atoms with Crippen LogP contribution in [0.3, 0.4) is 0 Å². The number of carbonyl (C=O) groups is 2. The van der Waals surface area contributed by atoms with Crippen molar-refractivity contribution in [1.82, 2.24) is 15.0 Å². The van der Waals surface area contributed by atoms with Crippen LogP contribution >= 0.6 is 0 Å². The predicted molar refractivity (Wildman–Crippen MR) is 77.4 cm³/mol. The van der Waals surface area contributed by atoms with Crippen molar-refractivity contribution in [3.05, 3.63) is 17.5 Å². The third-order valence-electron chi connectivity index (χ3n) is 4.13. The van der Waals surface area contributed by atoms with Gasteiger partial charge in [-0.2, -0.15) is 0 Å². The highest BCUT2D eigenvalue weighted by molar-refractivity contribution is 5.91. The summed E-state index contributed by atoms with van der Waals surface area (Å²) in [6, 6.07) is 1.71. The molecule has 7 nitrogen and oxygen atoms in total. The molecule has 2 saturated heterocycles. The molecule has 0 aliphatic carbocycles. The summed E-state index contributed by atoms with van der Waals surface area (Å²) in [5.74, 6) is 0.520. The monoisotopic (exact) mass is 307 g/mol. The van der Waals surface area contributed by atoms with Gasteiger partial charge in [0.1, 0.15) is 0 Å². The van der Waals surface area contributed by atoms with E-state index in [0.717, 1.165) is 12.1 Å². The molecule has 0 N–H and O–H groups in total. The largest absolute Gasteiger partial charge is 0.439 e. The Bertz CT molecular complexity index is 597. The molecule has 22 heavy (non-hydrogen) atoms. The fourth-order valence-corrected chi connectivity index (χ4v) is 3.11. The van der Waals surface area contributed by atoms with Crippen LogP contribution in [-0.4, -0.2) is 59.2 Å². The van der Waals surface area contributed by atoms with Gasteiger partial charge in [0, 0.05) is 26.1 Å². The van der Waals surface area contributed by atoms with Crippen molar-refractivity contribution < 1.29 is 18.8 Å². The van der Waals surface area contributed by atoms with Gasteiger partial charge < -0.3 is 19.1 Å². The third kappa shape index (κ3) is 2.67. The molecule has 3 heterocycles. The van der Waals surface area contributed by atoms with E-state index < -0.39 is 5.60 Å². The molecule has 0 unspecified atom stereocenters. The number of carbonyl (C=O) groups excluding carboxylic acids is 2. The van der Waals surface area contributed by atoms with Crippen molar-refractivity contribution in [3.63, 3.8) is 0 Å². The van der Waals surface area contributed by atoms with E-state index in [-0.39, 0.29) is 17.8 Å². The molecule has 0 bridgehead atoms. The number of likely N-dealkylation sites (N-methyl/N-ethyl adjacent to an activating group) is 1. The average molecular weight is 307 g/mol. The Balaban J connectivity index is 1.67. The second-order valence-electron chi connectivity index (χ2n) is 6.66. The molecule has 3 rings (SSSR count). The van der Waals surface area contributed by atoms with Crippen molar-refractivity contribution in [3.8, 4) is 0 Å². The molecule has 1 spiro atoms. The van der Waals surface area contributed by atoms with E-state index in [1.54, 1.807) is 22.9 Å². The van der Waals surface area contributed by atoms with Crippen LogP contribution in [0.2, 0.25) is 0 Å². The minimum absolute atomic E-state index is 0.190. The van der Waals surface area contributed by atoms with E-state index in [1.807, 2.05) is 0 Å². The summed E-state index contributed by atoms with van der Waals surface area (Å²) in [6.45, 7) is 5.66. The minimum Gasteiger partial charge on any atom is -0.439 e. The lowest BCUT2D eigenvalue weighted by atomic mass is 10.0. The summed E-state index contributed by atoms with van der Waals surface area (Å²) < 4.78 is 10.6. The molecule has 2 aliphatic heterocycles. The molecule has 1 aromatic heterocycles. The van der Waals surface area contributed by atoms with Crippen LogP contribution in [0.25, 0.3) is 0 Å². The predicted octanol–water partition coefficient (Wildman–Crippen LogP) is 1.54. The molecule has 1 atom stereocenters. The second kappa shape index (κ2) is 5.30. The summed E-state index contributed by atoms with van der Waals surface area (Å²) >= 11 is 0.